The second kappa shape index (κ2) is 13.4. The summed E-state index contributed by atoms with van der Waals surface area (Å²) in [5, 5.41) is 5.01. The summed E-state index contributed by atoms with van der Waals surface area (Å²) in [4.78, 5) is 2.33. The van der Waals surface area contributed by atoms with Crippen LogP contribution in [0.2, 0.25) is 0 Å². The van der Waals surface area contributed by atoms with Crippen LogP contribution in [0.25, 0.3) is 71.6 Å². The highest BCUT2D eigenvalue weighted by Gasteiger charge is 2.18. The van der Waals surface area contributed by atoms with Crippen molar-refractivity contribution in [3.05, 3.63) is 218 Å². The maximum atomic E-state index is 2.44. The fourth-order valence-corrected chi connectivity index (χ4v) is 7.94. The molecule has 0 fully saturated rings. The second-order valence-corrected chi connectivity index (χ2v) is 13.8. The molecular formula is C52H36N2. The van der Waals surface area contributed by atoms with Gasteiger partial charge in [-0.05, 0) is 99.3 Å². The molecule has 1 heterocycles. The summed E-state index contributed by atoms with van der Waals surface area (Å²) in [6.07, 6.45) is 0. The lowest BCUT2D eigenvalue weighted by Gasteiger charge is -2.26. The standard InChI is InChI=1S/C52H36N2/c1-3-13-37(14-4-1)43-29-34-49-48-20-10-12-22-51(48)54(52(49)36-43)50-21-11-9-19-47(50)40-27-32-46(33-28-40)53(44-17-5-2-6-18-44)45-30-25-39(26-31-45)42-24-23-38-15-7-8-16-41(38)35-42/h1-36H. The third kappa shape index (κ3) is 5.62. The van der Waals surface area contributed by atoms with Crippen LogP contribution < -0.4 is 4.90 Å². The van der Waals surface area contributed by atoms with Gasteiger partial charge >= 0.3 is 0 Å². The van der Waals surface area contributed by atoms with Crippen LogP contribution in [0.15, 0.2) is 218 Å². The Morgan fingerprint density at radius 2 is 0.815 bits per heavy atom. The monoisotopic (exact) mass is 688 g/mol. The minimum absolute atomic E-state index is 1.10. The van der Waals surface area contributed by atoms with Crippen molar-refractivity contribution in [3.63, 3.8) is 0 Å². The zero-order chi connectivity index (χ0) is 35.8. The molecular weight excluding hydrogens is 653 g/mol. The SMILES string of the molecule is c1ccc(-c2ccc3c4ccccc4n(-c4ccccc4-c4ccc(N(c5ccccc5)c5ccc(-c6ccc7ccccc7c6)cc5)cc4)c3c2)cc1. The molecule has 2 nitrogen and oxygen atoms in total. The zero-order valence-electron chi connectivity index (χ0n) is 29.7. The summed E-state index contributed by atoms with van der Waals surface area (Å²) < 4.78 is 2.44. The Morgan fingerprint density at radius 3 is 1.59 bits per heavy atom. The van der Waals surface area contributed by atoms with Crippen LogP contribution in [-0.2, 0) is 0 Å². The number of nitrogens with zero attached hydrogens (tertiary/aromatic N) is 2. The molecule has 0 atom stereocenters. The average molecular weight is 689 g/mol. The normalized spacial score (nSPS) is 11.3. The first-order valence-electron chi connectivity index (χ1n) is 18.5. The van der Waals surface area contributed by atoms with Crippen LogP contribution in [0.3, 0.4) is 0 Å². The summed E-state index contributed by atoms with van der Waals surface area (Å²) in [5.41, 5.74) is 14.1. The van der Waals surface area contributed by atoms with Crippen LogP contribution in [0.1, 0.15) is 0 Å². The molecule has 9 aromatic carbocycles. The third-order valence-electron chi connectivity index (χ3n) is 10.6. The van der Waals surface area contributed by atoms with Crippen molar-refractivity contribution in [1.82, 2.24) is 4.57 Å². The summed E-state index contributed by atoms with van der Waals surface area (Å²) in [7, 11) is 0. The van der Waals surface area contributed by atoms with E-state index in [4.69, 9.17) is 0 Å². The fourth-order valence-electron chi connectivity index (χ4n) is 7.94. The minimum atomic E-state index is 1.10. The molecule has 0 spiro atoms. The smallest absolute Gasteiger partial charge is 0.0547 e. The Hall–Kier alpha value is -7.16. The van der Waals surface area contributed by atoms with Crippen LogP contribution in [0.4, 0.5) is 17.1 Å². The van der Waals surface area contributed by atoms with Gasteiger partial charge in [0.2, 0.25) is 0 Å². The first-order valence-corrected chi connectivity index (χ1v) is 18.5. The van der Waals surface area contributed by atoms with E-state index >= 15 is 0 Å². The van der Waals surface area contributed by atoms with Gasteiger partial charge in [-0.1, -0.05) is 158 Å². The van der Waals surface area contributed by atoms with Crippen LogP contribution in [0.5, 0.6) is 0 Å². The topological polar surface area (TPSA) is 8.17 Å². The van der Waals surface area contributed by atoms with E-state index in [1.54, 1.807) is 0 Å². The molecule has 0 radical (unpaired) electrons. The Morgan fingerprint density at radius 1 is 0.296 bits per heavy atom. The predicted molar refractivity (Wildman–Crippen MR) is 229 cm³/mol. The van der Waals surface area contributed by atoms with Gasteiger partial charge in [-0.2, -0.15) is 0 Å². The first kappa shape index (κ1) is 31.6. The molecule has 10 aromatic rings. The van der Waals surface area contributed by atoms with E-state index in [0.717, 1.165) is 22.7 Å². The van der Waals surface area contributed by atoms with Crippen molar-refractivity contribution in [2.45, 2.75) is 0 Å². The maximum Gasteiger partial charge on any atom is 0.0547 e. The van der Waals surface area contributed by atoms with Gasteiger partial charge in [0.25, 0.3) is 0 Å². The van der Waals surface area contributed by atoms with Crippen molar-refractivity contribution in [2.75, 3.05) is 4.90 Å². The van der Waals surface area contributed by atoms with Crippen molar-refractivity contribution in [3.8, 4) is 39.1 Å². The lowest BCUT2D eigenvalue weighted by atomic mass is 10.0. The van der Waals surface area contributed by atoms with Crippen LogP contribution in [0, 0.1) is 0 Å². The molecule has 0 amide bonds. The number of hydrogen-bond acceptors (Lipinski definition) is 1. The van der Waals surface area contributed by atoms with E-state index in [2.05, 4.69) is 228 Å². The van der Waals surface area contributed by atoms with Gasteiger partial charge in [-0.15, -0.1) is 0 Å². The Kier molecular flexibility index (Phi) is 7.85. The zero-order valence-corrected chi connectivity index (χ0v) is 29.7. The van der Waals surface area contributed by atoms with E-state index in [9.17, 15) is 0 Å². The highest BCUT2D eigenvalue weighted by molar-refractivity contribution is 6.10. The molecule has 2 heteroatoms. The second-order valence-electron chi connectivity index (χ2n) is 13.8. The summed E-state index contributed by atoms with van der Waals surface area (Å²) in [6.45, 7) is 0. The average Bonchev–Trinajstić information content (AvgIpc) is 3.58. The van der Waals surface area contributed by atoms with Crippen molar-refractivity contribution < 1.29 is 0 Å². The number of hydrogen-bond donors (Lipinski definition) is 0. The molecule has 54 heavy (non-hydrogen) atoms. The molecule has 0 unspecified atom stereocenters. The van der Waals surface area contributed by atoms with Gasteiger partial charge < -0.3 is 9.47 Å². The number of rotatable bonds is 7. The number of para-hydroxylation sites is 3. The van der Waals surface area contributed by atoms with Crippen LogP contribution >= 0.6 is 0 Å². The van der Waals surface area contributed by atoms with Gasteiger partial charge in [-0.3, -0.25) is 0 Å². The molecule has 10 rings (SSSR count). The van der Waals surface area contributed by atoms with Gasteiger partial charge in [0, 0.05) is 33.4 Å². The van der Waals surface area contributed by atoms with Gasteiger partial charge in [0.15, 0.2) is 0 Å². The molecule has 0 aliphatic carbocycles. The molecule has 254 valence electrons. The summed E-state index contributed by atoms with van der Waals surface area (Å²) >= 11 is 0. The number of fused-ring (bicyclic) bond motifs is 4. The third-order valence-corrected chi connectivity index (χ3v) is 10.6. The molecule has 1 aromatic heterocycles. The maximum absolute atomic E-state index is 2.44. The number of anilines is 3. The molecule has 0 N–H and O–H groups in total. The first-order chi connectivity index (χ1) is 26.8. The molecule has 0 aliphatic rings. The molecule has 0 saturated heterocycles. The fraction of sp³-hybridized carbons (Fsp3) is 0. The quantitative estimate of drug-likeness (QED) is 0.162. The lowest BCUT2D eigenvalue weighted by molar-refractivity contribution is 1.18. The lowest BCUT2D eigenvalue weighted by Crippen LogP contribution is -2.09. The molecule has 0 aliphatic heterocycles. The molecule has 0 saturated carbocycles. The highest BCUT2D eigenvalue weighted by atomic mass is 15.1. The Bertz CT molecular complexity index is 2910. The van der Waals surface area contributed by atoms with E-state index in [1.807, 2.05) is 0 Å². The Labute approximate surface area is 315 Å². The highest BCUT2D eigenvalue weighted by Crippen LogP contribution is 2.40. The van der Waals surface area contributed by atoms with E-state index in [0.29, 0.717) is 0 Å². The van der Waals surface area contributed by atoms with Gasteiger partial charge in [0.1, 0.15) is 0 Å². The summed E-state index contributed by atoms with van der Waals surface area (Å²) in [5.74, 6) is 0. The van der Waals surface area contributed by atoms with Gasteiger partial charge in [0.05, 0.1) is 16.7 Å². The van der Waals surface area contributed by atoms with E-state index in [-0.39, 0.29) is 0 Å². The van der Waals surface area contributed by atoms with Crippen LogP contribution in [-0.4, -0.2) is 4.57 Å². The summed E-state index contributed by atoms with van der Waals surface area (Å²) in [6, 6.07) is 78.8. The largest absolute Gasteiger partial charge is 0.311 e. The minimum Gasteiger partial charge on any atom is -0.311 e. The van der Waals surface area contributed by atoms with E-state index in [1.165, 1.54) is 66.0 Å². The van der Waals surface area contributed by atoms with Crippen molar-refractivity contribution in [2.24, 2.45) is 0 Å². The van der Waals surface area contributed by atoms with Crippen molar-refractivity contribution >= 4 is 49.6 Å². The van der Waals surface area contributed by atoms with Crippen molar-refractivity contribution in [1.29, 1.82) is 0 Å². The molecule has 0 bridgehead atoms. The number of aromatic nitrogens is 1. The number of benzene rings is 9. The van der Waals surface area contributed by atoms with E-state index < -0.39 is 0 Å². The van der Waals surface area contributed by atoms with Gasteiger partial charge in [-0.25, -0.2) is 0 Å². The Balaban J connectivity index is 1.05. The predicted octanol–water partition coefficient (Wildman–Crippen LogP) is 14.4.